The van der Waals surface area contributed by atoms with Crippen molar-refractivity contribution in [2.24, 2.45) is 0 Å². The Morgan fingerprint density at radius 2 is 2.35 bits per heavy atom. The molecule has 0 fully saturated rings. The molecule has 92 valence electrons. The lowest BCUT2D eigenvalue weighted by Gasteiger charge is -2.06. The van der Waals surface area contributed by atoms with Crippen molar-refractivity contribution in [1.29, 1.82) is 0 Å². The van der Waals surface area contributed by atoms with Crippen LogP contribution >= 0.6 is 22.9 Å². The van der Waals surface area contributed by atoms with E-state index in [9.17, 15) is 0 Å². The Kier molecular flexibility index (Phi) is 4.39. The first-order valence-electron chi connectivity index (χ1n) is 5.66. The number of hydrogen-bond acceptors (Lipinski definition) is 4. The van der Waals surface area contributed by atoms with Crippen molar-refractivity contribution < 1.29 is 0 Å². The molecule has 0 unspecified atom stereocenters. The van der Waals surface area contributed by atoms with Crippen molar-refractivity contribution in [1.82, 2.24) is 15.0 Å². The van der Waals surface area contributed by atoms with Crippen LogP contribution in [0.1, 0.15) is 18.2 Å². The molecule has 0 saturated carbocycles. The molecule has 2 heterocycles. The number of aromatic nitrogens is 3. The lowest BCUT2D eigenvalue weighted by Crippen LogP contribution is -2.10. The average molecular weight is 271 g/mol. The number of rotatable bonds is 6. The molecule has 0 radical (unpaired) electrons. The third kappa shape index (κ3) is 3.44. The number of nitrogens with one attached hydrogen (secondary N) is 1. The maximum atomic E-state index is 5.88. The molecule has 0 spiro atoms. The van der Waals surface area contributed by atoms with Crippen molar-refractivity contribution in [2.75, 3.05) is 11.9 Å². The molecule has 6 heteroatoms. The Hall–Kier alpha value is -1.07. The first-order valence-corrected chi connectivity index (χ1v) is 6.85. The summed E-state index contributed by atoms with van der Waals surface area (Å²) in [5, 5.41) is 11.3. The fourth-order valence-electron chi connectivity index (χ4n) is 1.57. The molecule has 0 aliphatic heterocycles. The number of anilines is 1. The van der Waals surface area contributed by atoms with E-state index in [2.05, 4.69) is 28.6 Å². The molecule has 2 rings (SSSR count). The van der Waals surface area contributed by atoms with Gasteiger partial charge in [0.2, 0.25) is 0 Å². The van der Waals surface area contributed by atoms with Gasteiger partial charge in [-0.05, 0) is 25.0 Å². The van der Waals surface area contributed by atoms with Crippen LogP contribution in [0.2, 0.25) is 4.34 Å². The maximum absolute atomic E-state index is 5.88. The van der Waals surface area contributed by atoms with Gasteiger partial charge in [0.25, 0.3) is 0 Å². The smallest absolute Gasteiger partial charge is 0.144 e. The van der Waals surface area contributed by atoms with Gasteiger partial charge in [0.1, 0.15) is 5.82 Å². The van der Waals surface area contributed by atoms with Gasteiger partial charge < -0.3 is 5.32 Å². The van der Waals surface area contributed by atoms with E-state index in [4.69, 9.17) is 11.6 Å². The summed E-state index contributed by atoms with van der Waals surface area (Å²) in [4.78, 5) is 1.29. The van der Waals surface area contributed by atoms with Gasteiger partial charge in [-0.25, -0.2) is 4.68 Å². The summed E-state index contributed by atoms with van der Waals surface area (Å²) in [6.45, 7) is 3.89. The highest BCUT2D eigenvalue weighted by atomic mass is 35.5. The normalized spacial score (nSPS) is 10.7. The highest BCUT2D eigenvalue weighted by molar-refractivity contribution is 7.16. The molecule has 0 atom stereocenters. The molecule has 4 nitrogen and oxygen atoms in total. The standard InChI is InChI=1S/C11H15ClN4S/c1-2-7-16-11(8-14-15-16)13-6-5-9-3-4-10(12)17-9/h3-4,8,13H,2,5-7H2,1H3. The zero-order valence-electron chi connectivity index (χ0n) is 9.69. The van der Waals surface area contributed by atoms with E-state index in [1.54, 1.807) is 17.5 Å². The maximum Gasteiger partial charge on any atom is 0.144 e. The third-order valence-corrected chi connectivity index (χ3v) is 3.65. The quantitative estimate of drug-likeness (QED) is 0.877. The van der Waals surface area contributed by atoms with Gasteiger partial charge >= 0.3 is 0 Å². The van der Waals surface area contributed by atoms with Crippen LogP contribution in [0.5, 0.6) is 0 Å². The summed E-state index contributed by atoms with van der Waals surface area (Å²) in [6, 6.07) is 4.00. The van der Waals surface area contributed by atoms with E-state index in [-0.39, 0.29) is 0 Å². The summed E-state index contributed by atoms with van der Waals surface area (Å²) in [5.74, 6) is 0.981. The first-order chi connectivity index (χ1) is 8.29. The van der Waals surface area contributed by atoms with E-state index in [1.165, 1.54) is 4.88 Å². The zero-order valence-corrected chi connectivity index (χ0v) is 11.3. The van der Waals surface area contributed by atoms with Crippen LogP contribution in [0, 0.1) is 0 Å². The highest BCUT2D eigenvalue weighted by Crippen LogP contribution is 2.21. The summed E-state index contributed by atoms with van der Waals surface area (Å²) >= 11 is 7.51. The number of thiophene rings is 1. The van der Waals surface area contributed by atoms with Crippen LogP contribution in [0.15, 0.2) is 18.3 Å². The first kappa shape index (κ1) is 12.4. The largest absolute Gasteiger partial charge is 0.369 e. The molecule has 0 bridgehead atoms. The van der Waals surface area contributed by atoms with Gasteiger partial charge in [0.15, 0.2) is 0 Å². The molecule has 2 aromatic rings. The Morgan fingerprint density at radius 3 is 3.06 bits per heavy atom. The fourth-order valence-corrected chi connectivity index (χ4v) is 2.66. The number of nitrogens with zero attached hydrogens (tertiary/aromatic N) is 3. The molecule has 17 heavy (non-hydrogen) atoms. The number of halogens is 1. The number of aryl methyl sites for hydroxylation is 1. The second-order valence-electron chi connectivity index (χ2n) is 3.72. The van der Waals surface area contributed by atoms with Crippen molar-refractivity contribution >= 4 is 28.8 Å². The van der Waals surface area contributed by atoms with Gasteiger partial charge in [-0.2, -0.15) is 0 Å². The van der Waals surface area contributed by atoms with Crippen LogP contribution in [-0.2, 0) is 13.0 Å². The second kappa shape index (κ2) is 6.02. The minimum absolute atomic E-state index is 0.845. The summed E-state index contributed by atoms with van der Waals surface area (Å²) < 4.78 is 2.74. The van der Waals surface area contributed by atoms with E-state index >= 15 is 0 Å². The average Bonchev–Trinajstić information content (AvgIpc) is 2.90. The lowest BCUT2D eigenvalue weighted by molar-refractivity contribution is 0.583. The van der Waals surface area contributed by atoms with Gasteiger partial charge in [-0.15, -0.1) is 16.4 Å². The Morgan fingerprint density at radius 1 is 1.47 bits per heavy atom. The molecule has 0 aliphatic rings. The van der Waals surface area contributed by atoms with Gasteiger partial charge in [-0.1, -0.05) is 23.7 Å². The highest BCUT2D eigenvalue weighted by Gasteiger charge is 2.02. The van der Waals surface area contributed by atoms with E-state index in [0.717, 1.165) is 36.1 Å². The fraction of sp³-hybridized carbons (Fsp3) is 0.455. The summed E-state index contributed by atoms with van der Waals surface area (Å²) in [5.41, 5.74) is 0. The molecular formula is C11H15ClN4S. The molecule has 0 aromatic carbocycles. The molecule has 2 aromatic heterocycles. The van der Waals surface area contributed by atoms with Crippen LogP contribution in [0.25, 0.3) is 0 Å². The van der Waals surface area contributed by atoms with E-state index in [0.29, 0.717) is 0 Å². The summed E-state index contributed by atoms with van der Waals surface area (Å²) in [6.07, 6.45) is 3.78. The molecule has 0 amide bonds. The monoisotopic (exact) mass is 270 g/mol. The van der Waals surface area contributed by atoms with Crippen molar-refractivity contribution in [3.63, 3.8) is 0 Å². The van der Waals surface area contributed by atoms with Crippen LogP contribution in [0.4, 0.5) is 5.82 Å². The molecule has 1 N–H and O–H groups in total. The predicted octanol–water partition coefficient (Wildman–Crippen LogP) is 3.06. The Balaban J connectivity index is 1.83. The topological polar surface area (TPSA) is 42.7 Å². The van der Waals surface area contributed by atoms with Crippen LogP contribution in [0.3, 0.4) is 0 Å². The zero-order chi connectivity index (χ0) is 12.1. The third-order valence-electron chi connectivity index (χ3n) is 2.36. The Bertz CT molecular complexity index is 465. The van der Waals surface area contributed by atoms with Crippen molar-refractivity contribution in [3.8, 4) is 0 Å². The molecular weight excluding hydrogens is 256 g/mol. The predicted molar refractivity (Wildman–Crippen MR) is 71.8 cm³/mol. The van der Waals surface area contributed by atoms with Crippen LogP contribution in [-0.4, -0.2) is 21.5 Å². The van der Waals surface area contributed by atoms with Crippen molar-refractivity contribution in [2.45, 2.75) is 26.3 Å². The minimum atomic E-state index is 0.845. The van der Waals surface area contributed by atoms with Gasteiger partial charge in [0.05, 0.1) is 10.5 Å². The minimum Gasteiger partial charge on any atom is -0.369 e. The summed E-state index contributed by atoms with van der Waals surface area (Å²) in [7, 11) is 0. The lowest BCUT2D eigenvalue weighted by atomic mass is 10.3. The molecule has 0 saturated heterocycles. The SMILES string of the molecule is CCCn1nncc1NCCc1ccc(Cl)s1. The molecule has 0 aliphatic carbocycles. The van der Waals surface area contributed by atoms with Crippen LogP contribution < -0.4 is 5.32 Å². The number of hydrogen-bond donors (Lipinski definition) is 1. The van der Waals surface area contributed by atoms with E-state index in [1.807, 2.05) is 10.7 Å². The van der Waals surface area contributed by atoms with Gasteiger partial charge in [0, 0.05) is 18.0 Å². The van der Waals surface area contributed by atoms with E-state index < -0.39 is 0 Å². The van der Waals surface area contributed by atoms with Gasteiger partial charge in [-0.3, -0.25) is 0 Å². The Labute approximate surface area is 110 Å². The second-order valence-corrected chi connectivity index (χ2v) is 5.52. The van der Waals surface area contributed by atoms with Crippen molar-refractivity contribution in [3.05, 3.63) is 27.5 Å².